The Kier molecular flexibility index (Phi) is 4.94. The molecule has 4 atom stereocenters. The molecule has 146 valence electrons. The lowest BCUT2D eigenvalue weighted by Crippen LogP contribution is -2.19. The van der Waals surface area contributed by atoms with Crippen LogP contribution in [-0.2, 0) is 19.1 Å². The third-order valence-corrected chi connectivity index (χ3v) is 5.11. The molecule has 0 N–H and O–H groups in total. The summed E-state index contributed by atoms with van der Waals surface area (Å²) in [5.41, 5.74) is 1.52. The zero-order valence-corrected chi connectivity index (χ0v) is 15.8. The van der Waals surface area contributed by atoms with E-state index in [4.69, 9.17) is 18.9 Å². The standard InChI is InChI=1S/C22H22O6/c1-3-25-15-9-5-13(6-10-15)19-17-18(22(24)27-19)20(28-21(17)23)14-7-11-16(12-8-14)26-4-2/h5-12,17-20H,3-4H2,1-2H3/t17-,18-,19+,20+/m1/s1. The first-order chi connectivity index (χ1) is 13.6. The van der Waals surface area contributed by atoms with Crippen LogP contribution in [0.1, 0.15) is 37.2 Å². The summed E-state index contributed by atoms with van der Waals surface area (Å²) in [5, 5.41) is 0. The molecule has 2 aliphatic heterocycles. The Morgan fingerprint density at radius 2 is 1.04 bits per heavy atom. The Labute approximate surface area is 163 Å². The zero-order valence-electron chi connectivity index (χ0n) is 15.8. The van der Waals surface area contributed by atoms with Gasteiger partial charge in [0, 0.05) is 0 Å². The van der Waals surface area contributed by atoms with Gasteiger partial charge in [-0.1, -0.05) is 24.3 Å². The van der Waals surface area contributed by atoms with E-state index in [1.54, 1.807) is 0 Å². The Morgan fingerprint density at radius 1 is 0.679 bits per heavy atom. The second-order valence-electron chi connectivity index (χ2n) is 6.77. The zero-order chi connectivity index (χ0) is 19.7. The molecule has 0 spiro atoms. The van der Waals surface area contributed by atoms with Crippen molar-refractivity contribution in [3.05, 3.63) is 59.7 Å². The van der Waals surface area contributed by atoms with E-state index >= 15 is 0 Å². The molecule has 0 radical (unpaired) electrons. The highest BCUT2D eigenvalue weighted by atomic mass is 16.6. The lowest BCUT2D eigenvalue weighted by atomic mass is 9.84. The molecule has 2 saturated heterocycles. The van der Waals surface area contributed by atoms with E-state index < -0.39 is 36.0 Å². The molecule has 0 bridgehead atoms. The number of fused-ring (bicyclic) bond motifs is 1. The maximum absolute atomic E-state index is 12.6. The maximum Gasteiger partial charge on any atom is 0.314 e. The van der Waals surface area contributed by atoms with E-state index in [2.05, 4.69) is 0 Å². The molecule has 0 saturated carbocycles. The van der Waals surface area contributed by atoms with Crippen LogP contribution in [0.2, 0.25) is 0 Å². The number of carbonyl (C=O) groups is 2. The first-order valence-electron chi connectivity index (χ1n) is 9.49. The van der Waals surface area contributed by atoms with Gasteiger partial charge < -0.3 is 18.9 Å². The first kappa shape index (κ1) is 18.3. The number of rotatable bonds is 6. The number of esters is 2. The van der Waals surface area contributed by atoms with Gasteiger partial charge in [-0.05, 0) is 49.2 Å². The first-order valence-corrected chi connectivity index (χ1v) is 9.49. The highest BCUT2D eigenvalue weighted by molar-refractivity contribution is 5.89. The molecule has 2 heterocycles. The summed E-state index contributed by atoms with van der Waals surface area (Å²) in [6.45, 7) is 4.96. The summed E-state index contributed by atoms with van der Waals surface area (Å²) < 4.78 is 22.1. The molecule has 2 aromatic rings. The van der Waals surface area contributed by atoms with Crippen LogP contribution >= 0.6 is 0 Å². The van der Waals surface area contributed by atoms with Crippen LogP contribution in [0.3, 0.4) is 0 Å². The van der Waals surface area contributed by atoms with Crippen LogP contribution in [-0.4, -0.2) is 25.2 Å². The van der Waals surface area contributed by atoms with Crippen molar-refractivity contribution in [1.29, 1.82) is 0 Å². The SMILES string of the molecule is CCOc1ccc([C@@H]2OC(=O)[C@@H]3[C@H]2C(=O)O[C@H]3c2ccc(OCC)cc2)cc1. The summed E-state index contributed by atoms with van der Waals surface area (Å²) in [6.07, 6.45) is -1.29. The van der Waals surface area contributed by atoms with Crippen molar-refractivity contribution in [2.24, 2.45) is 11.8 Å². The summed E-state index contributed by atoms with van der Waals surface area (Å²) in [6, 6.07) is 14.5. The van der Waals surface area contributed by atoms with Gasteiger partial charge in [-0.3, -0.25) is 9.59 Å². The smallest absolute Gasteiger partial charge is 0.314 e. The summed E-state index contributed by atoms with van der Waals surface area (Å²) in [7, 11) is 0. The topological polar surface area (TPSA) is 71.1 Å². The molecule has 6 heteroatoms. The molecular formula is C22H22O6. The van der Waals surface area contributed by atoms with Gasteiger partial charge in [-0.15, -0.1) is 0 Å². The van der Waals surface area contributed by atoms with Crippen molar-refractivity contribution < 1.29 is 28.5 Å². The van der Waals surface area contributed by atoms with Crippen LogP contribution in [0.5, 0.6) is 11.5 Å². The van der Waals surface area contributed by atoms with E-state index in [9.17, 15) is 9.59 Å². The molecule has 0 unspecified atom stereocenters. The lowest BCUT2D eigenvalue weighted by Gasteiger charge is -2.15. The van der Waals surface area contributed by atoms with Crippen LogP contribution in [0.15, 0.2) is 48.5 Å². The lowest BCUT2D eigenvalue weighted by molar-refractivity contribution is -0.154. The Morgan fingerprint density at radius 3 is 1.36 bits per heavy atom. The van der Waals surface area contributed by atoms with Crippen molar-refractivity contribution >= 4 is 11.9 Å². The largest absolute Gasteiger partial charge is 0.494 e. The predicted octanol–water partition coefficient (Wildman–Crippen LogP) is 3.61. The Balaban J connectivity index is 1.58. The predicted molar refractivity (Wildman–Crippen MR) is 99.9 cm³/mol. The van der Waals surface area contributed by atoms with Crippen molar-refractivity contribution in [2.75, 3.05) is 13.2 Å². The fourth-order valence-electron chi connectivity index (χ4n) is 3.86. The fourth-order valence-corrected chi connectivity index (χ4v) is 3.86. The number of ether oxygens (including phenoxy) is 4. The Hall–Kier alpha value is -3.02. The van der Waals surface area contributed by atoms with Gasteiger partial charge in [-0.2, -0.15) is 0 Å². The minimum Gasteiger partial charge on any atom is -0.494 e. The number of hydrogen-bond donors (Lipinski definition) is 0. The van der Waals surface area contributed by atoms with Crippen LogP contribution in [0.4, 0.5) is 0 Å². The minimum atomic E-state index is -0.651. The number of benzene rings is 2. The number of cyclic esters (lactones) is 2. The van der Waals surface area contributed by atoms with Gasteiger partial charge in [0.2, 0.25) is 0 Å². The van der Waals surface area contributed by atoms with E-state index in [0.717, 1.165) is 22.6 Å². The number of hydrogen-bond acceptors (Lipinski definition) is 6. The minimum absolute atomic E-state index is 0.409. The highest BCUT2D eigenvalue weighted by Gasteiger charge is 2.59. The molecular weight excluding hydrogens is 360 g/mol. The number of carbonyl (C=O) groups excluding carboxylic acids is 2. The molecule has 28 heavy (non-hydrogen) atoms. The third-order valence-electron chi connectivity index (χ3n) is 5.11. The molecule has 4 rings (SSSR count). The molecule has 2 fully saturated rings. The van der Waals surface area contributed by atoms with Crippen molar-refractivity contribution in [3.8, 4) is 11.5 Å². The van der Waals surface area contributed by atoms with E-state index in [0.29, 0.717) is 13.2 Å². The van der Waals surface area contributed by atoms with E-state index in [1.807, 2.05) is 62.4 Å². The van der Waals surface area contributed by atoms with Gasteiger partial charge in [-0.25, -0.2) is 0 Å². The quantitative estimate of drug-likeness (QED) is 0.711. The van der Waals surface area contributed by atoms with Crippen molar-refractivity contribution in [2.45, 2.75) is 26.1 Å². The van der Waals surface area contributed by atoms with Gasteiger partial charge in [0.15, 0.2) is 0 Å². The van der Waals surface area contributed by atoms with Gasteiger partial charge in [0.05, 0.1) is 13.2 Å². The Bertz CT molecular complexity index is 784. The summed E-state index contributed by atoms with van der Waals surface area (Å²) in [4.78, 5) is 25.2. The van der Waals surface area contributed by atoms with Gasteiger partial charge in [0.1, 0.15) is 35.5 Å². The van der Waals surface area contributed by atoms with Crippen LogP contribution in [0.25, 0.3) is 0 Å². The van der Waals surface area contributed by atoms with Crippen LogP contribution < -0.4 is 9.47 Å². The highest BCUT2D eigenvalue weighted by Crippen LogP contribution is 2.51. The van der Waals surface area contributed by atoms with Crippen molar-refractivity contribution in [3.63, 3.8) is 0 Å². The monoisotopic (exact) mass is 382 g/mol. The fraction of sp³-hybridized carbons (Fsp3) is 0.364. The molecule has 0 aliphatic carbocycles. The van der Waals surface area contributed by atoms with Gasteiger partial charge in [0.25, 0.3) is 0 Å². The molecule has 0 amide bonds. The van der Waals surface area contributed by atoms with Crippen LogP contribution in [0, 0.1) is 11.8 Å². The van der Waals surface area contributed by atoms with E-state index in [-0.39, 0.29) is 0 Å². The molecule has 2 aliphatic rings. The second-order valence-corrected chi connectivity index (χ2v) is 6.77. The summed E-state index contributed by atoms with van der Waals surface area (Å²) >= 11 is 0. The molecule has 0 aromatic heterocycles. The maximum atomic E-state index is 12.6. The van der Waals surface area contributed by atoms with Gasteiger partial charge >= 0.3 is 11.9 Å². The second kappa shape index (κ2) is 7.54. The van der Waals surface area contributed by atoms with E-state index in [1.165, 1.54) is 0 Å². The molecule has 2 aromatic carbocycles. The van der Waals surface area contributed by atoms with Crippen molar-refractivity contribution in [1.82, 2.24) is 0 Å². The normalized spacial score (nSPS) is 25.8. The molecule has 6 nitrogen and oxygen atoms in total. The third kappa shape index (κ3) is 3.19. The average Bonchev–Trinajstić information content (AvgIpc) is 3.22. The average molecular weight is 382 g/mol. The summed E-state index contributed by atoms with van der Waals surface area (Å²) in [5.74, 6) is -0.659.